The van der Waals surface area contributed by atoms with Crippen LogP contribution in [0.5, 0.6) is 0 Å². The smallest absolute Gasteiger partial charge is 0.412 e. The lowest BCUT2D eigenvalue weighted by Gasteiger charge is -2.19. The van der Waals surface area contributed by atoms with Crippen molar-refractivity contribution in [2.75, 3.05) is 5.32 Å². The van der Waals surface area contributed by atoms with Crippen LogP contribution in [0.3, 0.4) is 0 Å². The third kappa shape index (κ3) is 6.25. The normalized spacial score (nSPS) is 10.9. The highest BCUT2D eigenvalue weighted by molar-refractivity contribution is 5.96. The van der Waals surface area contributed by atoms with Crippen LogP contribution in [0.4, 0.5) is 14.9 Å². The fourth-order valence-corrected chi connectivity index (χ4v) is 2.05. The number of anilines is 1. The molecule has 0 bridgehead atoms. The van der Waals surface area contributed by atoms with Crippen LogP contribution in [-0.2, 0) is 11.3 Å². The molecule has 0 aliphatic rings. The van der Waals surface area contributed by atoms with Gasteiger partial charge in [-0.05, 0) is 56.7 Å². The van der Waals surface area contributed by atoms with Gasteiger partial charge in [-0.3, -0.25) is 10.1 Å². The number of amides is 2. The van der Waals surface area contributed by atoms with Crippen molar-refractivity contribution in [2.45, 2.75) is 32.9 Å². The molecule has 2 aromatic rings. The number of hydrogen-bond acceptors (Lipinski definition) is 3. The van der Waals surface area contributed by atoms with Crippen molar-refractivity contribution in [1.29, 1.82) is 0 Å². The Morgan fingerprint density at radius 2 is 1.76 bits per heavy atom. The number of carbonyl (C=O) groups excluding carboxylic acids is 2. The van der Waals surface area contributed by atoms with Crippen molar-refractivity contribution < 1.29 is 18.7 Å². The van der Waals surface area contributed by atoms with E-state index in [2.05, 4.69) is 10.6 Å². The summed E-state index contributed by atoms with van der Waals surface area (Å²) >= 11 is 0. The zero-order chi connectivity index (χ0) is 18.4. The van der Waals surface area contributed by atoms with E-state index in [1.165, 1.54) is 12.1 Å². The number of benzene rings is 2. The van der Waals surface area contributed by atoms with E-state index in [0.29, 0.717) is 11.3 Å². The highest BCUT2D eigenvalue weighted by Crippen LogP contribution is 2.14. The maximum absolute atomic E-state index is 12.9. The molecule has 0 unspecified atom stereocenters. The zero-order valence-corrected chi connectivity index (χ0v) is 14.4. The Morgan fingerprint density at radius 1 is 1.08 bits per heavy atom. The predicted molar refractivity (Wildman–Crippen MR) is 93.9 cm³/mol. The number of nitrogens with one attached hydrogen (secondary N) is 2. The number of ether oxygens (including phenoxy) is 1. The Bertz CT molecular complexity index is 752. The third-order valence-corrected chi connectivity index (χ3v) is 3.14. The van der Waals surface area contributed by atoms with E-state index in [0.717, 1.165) is 5.56 Å². The van der Waals surface area contributed by atoms with Gasteiger partial charge in [-0.15, -0.1) is 0 Å². The standard InChI is InChI=1S/C19H21FN2O3/c1-19(2,3)25-18(24)22-16-6-4-5-14(11-16)17(23)21-12-13-7-9-15(20)10-8-13/h4-11H,12H2,1-3H3,(H,21,23)(H,22,24). The molecule has 132 valence electrons. The fourth-order valence-electron chi connectivity index (χ4n) is 2.05. The van der Waals surface area contributed by atoms with Gasteiger partial charge < -0.3 is 10.1 Å². The Hall–Kier alpha value is -2.89. The Balaban J connectivity index is 1.96. The maximum Gasteiger partial charge on any atom is 0.412 e. The largest absolute Gasteiger partial charge is 0.444 e. The van der Waals surface area contributed by atoms with Crippen LogP contribution in [0, 0.1) is 5.82 Å². The topological polar surface area (TPSA) is 67.4 Å². The summed E-state index contributed by atoms with van der Waals surface area (Å²) in [5.74, 6) is -0.617. The minimum Gasteiger partial charge on any atom is -0.444 e. The molecule has 0 heterocycles. The van der Waals surface area contributed by atoms with Crippen molar-refractivity contribution in [2.24, 2.45) is 0 Å². The summed E-state index contributed by atoms with van der Waals surface area (Å²) in [5.41, 5.74) is 1.05. The summed E-state index contributed by atoms with van der Waals surface area (Å²) in [6.07, 6.45) is -0.587. The second kappa shape index (κ2) is 7.79. The number of rotatable bonds is 4. The maximum atomic E-state index is 12.9. The first-order chi connectivity index (χ1) is 11.7. The highest BCUT2D eigenvalue weighted by atomic mass is 19.1. The molecule has 0 spiro atoms. The van der Waals surface area contributed by atoms with Gasteiger partial charge in [0.25, 0.3) is 5.91 Å². The molecule has 0 saturated heterocycles. The molecule has 2 N–H and O–H groups in total. The van der Waals surface area contributed by atoms with Gasteiger partial charge in [0, 0.05) is 17.8 Å². The molecule has 5 nitrogen and oxygen atoms in total. The van der Waals surface area contributed by atoms with Crippen molar-refractivity contribution in [3.05, 3.63) is 65.5 Å². The van der Waals surface area contributed by atoms with Gasteiger partial charge >= 0.3 is 6.09 Å². The van der Waals surface area contributed by atoms with Crippen LogP contribution in [0.2, 0.25) is 0 Å². The van der Waals surface area contributed by atoms with Crippen molar-refractivity contribution >= 4 is 17.7 Å². The molecule has 2 rings (SSSR count). The molecule has 0 saturated carbocycles. The van der Waals surface area contributed by atoms with Crippen LogP contribution in [-0.4, -0.2) is 17.6 Å². The molecule has 0 aromatic heterocycles. The summed E-state index contributed by atoms with van der Waals surface area (Å²) in [4.78, 5) is 24.0. The van der Waals surface area contributed by atoms with E-state index in [4.69, 9.17) is 4.74 Å². The Morgan fingerprint density at radius 3 is 2.40 bits per heavy atom. The van der Waals surface area contributed by atoms with E-state index >= 15 is 0 Å². The molecule has 0 radical (unpaired) electrons. The van der Waals surface area contributed by atoms with Gasteiger partial charge in [-0.25, -0.2) is 9.18 Å². The van der Waals surface area contributed by atoms with Crippen LogP contribution < -0.4 is 10.6 Å². The van der Waals surface area contributed by atoms with Crippen LogP contribution in [0.1, 0.15) is 36.7 Å². The van der Waals surface area contributed by atoms with Crippen molar-refractivity contribution in [3.8, 4) is 0 Å². The highest BCUT2D eigenvalue weighted by Gasteiger charge is 2.16. The SMILES string of the molecule is CC(C)(C)OC(=O)Nc1cccc(C(=O)NCc2ccc(F)cc2)c1. The predicted octanol–water partition coefficient (Wildman–Crippen LogP) is 4.10. The van der Waals surface area contributed by atoms with E-state index in [1.54, 1.807) is 57.2 Å². The zero-order valence-electron chi connectivity index (χ0n) is 14.4. The summed E-state index contributed by atoms with van der Waals surface area (Å²) in [7, 11) is 0. The monoisotopic (exact) mass is 344 g/mol. The molecule has 0 aliphatic heterocycles. The van der Waals surface area contributed by atoms with Crippen molar-refractivity contribution in [3.63, 3.8) is 0 Å². The molecular formula is C19H21FN2O3. The van der Waals surface area contributed by atoms with Gasteiger partial charge in [0.2, 0.25) is 0 Å². The average molecular weight is 344 g/mol. The molecule has 0 aliphatic carbocycles. The van der Waals surface area contributed by atoms with E-state index in [9.17, 15) is 14.0 Å². The molecule has 2 amide bonds. The number of halogens is 1. The van der Waals surface area contributed by atoms with Gasteiger partial charge in [-0.1, -0.05) is 18.2 Å². The van der Waals surface area contributed by atoms with Gasteiger partial charge in [0.1, 0.15) is 11.4 Å². The van der Waals surface area contributed by atoms with Crippen molar-refractivity contribution in [1.82, 2.24) is 5.32 Å². The Labute approximate surface area is 146 Å². The first-order valence-corrected chi connectivity index (χ1v) is 7.86. The van der Waals surface area contributed by atoms with E-state index in [1.807, 2.05) is 0 Å². The lowest BCUT2D eigenvalue weighted by atomic mass is 10.1. The molecule has 0 atom stereocenters. The van der Waals surface area contributed by atoms with Crippen LogP contribution in [0.15, 0.2) is 48.5 Å². The first-order valence-electron chi connectivity index (χ1n) is 7.86. The molecule has 2 aromatic carbocycles. The first kappa shape index (κ1) is 18.4. The van der Waals surface area contributed by atoms with E-state index < -0.39 is 11.7 Å². The Kier molecular flexibility index (Phi) is 5.75. The minimum atomic E-state index is -0.603. The van der Waals surface area contributed by atoms with Gasteiger partial charge in [-0.2, -0.15) is 0 Å². The average Bonchev–Trinajstić information content (AvgIpc) is 2.52. The molecule has 25 heavy (non-hydrogen) atoms. The van der Waals surface area contributed by atoms with Gasteiger partial charge in [0.05, 0.1) is 0 Å². The molecule has 0 fully saturated rings. The second-order valence-electron chi connectivity index (χ2n) is 6.52. The number of carbonyl (C=O) groups is 2. The summed E-state index contributed by atoms with van der Waals surface area (Å²) in [6.45, 7) is 5.59. The molecule has 6 heteroatoms. The quantitative estimate of drug-likeness (QED) is 0.877. The fraction of sp³-hybridized carbons (Fsp3) is 0.263. The summed E-state index contributed by atoms with van der Waals surface area (Å²) in [6, 6.07) is 12.4. The van der Waals surface area contributed by atoms with Gasteiger partial charge in [0.15, 0.2) is 0 Å². The summed E-state index contributed by atoms with van der Waals surface area (Å²) in [5, 5.41) is 5.34. The second-order valence-corrected chi connectivity index (χ2v) is 6.52. The third-order valence-electron chi connectivity index (χ3n) is 3.14. The summed E-state index contributed by atoms with van der Waals surface area (Å²) < 4.78 is 18.0. The lowest BCUT2D eigenvalue weighted by Crippen LogP contribution is -2.27. The van der Waals surface area contributed by atoms with E-state index in [-0.39, 0.29) is 18.3 Å². The van der Waals surface area contributed by atoms with Crippen LogP contribution in [0.25, 0.3) is 0 Å². The number of hydrogen-bond donors (Lipinski definition) is 2. The minimum absolute atomic E-state index is 0.281. The molecular weight excluding hydrogens is 323 g/mol. The van der Waals surface area contributed by atoms with Crippen LogP contribution >= 0.6 is 0 Å². The lowest BCUT2D eigenvalue weighted by molar-refractivity contribution is 0.0635.